The summed E-state index contributed by atoms with van der Waals surface area (Å²) in [6.07, 6.45) is 4.59. The van der Waals surface area contributed by atoms with Crippen LogP contribution in [0.1, 0.15) is 23.1 Å². The van der Waals surface area contributed by atoms with Crippen molar-refractivity contribution in [3.8, 4) is 22.3 Å². The molecule has 140 valence electrons. The number of carboxylic acid groups (broad SMARTS) is 1. The van der Waals surface area contributed by atoms with E-state index in [-0.39, 0.29) is 6.42 Å². The Hall–Kier alpha value is -3.40. The highest BCUT2D eigenvalue weighted by Crippen LogP contribution is 2.32. The van der Waals surface area contributed by atoms with Crippen LogP contribution < -0.4 is 0 Å². The molecule has 0 aliphatic heterocycles. The molecule has 28 heavy (non-hydrogen) atoms. The maximum absolute atomic E-state index is 10.8. The number of carbonyl (C=O) groups is 1. The third-order valence-electron chi connectivity index (χ3n) is 5.34. The average molecular weight is 370 g/mol. The zero-order valence-corrected chi connectivity index (χ0v) is 16.0. The molecule has 0 unspecified atom stereocenters. The Morgan fingerprint density at radius 1 is 1.04 bits per heavy atom. The molecule has 4 nitrogen and oxygen atoms in total. The third kappa shape index (κ3) is 3.41. The van der Waals surface area contributed by atoms with Crippen LogP contribution in [-0.4, -0.2) is 21.0 Å². The molecule has 2 heterocycles. The number of nitrogens with zero attached hydrogens (tertiary/aromatic N) is 1. The maximum Gasteiger partial charge on any atom is 0.303 e. The Morgan fingerprint density at radius 2 is 1.82 bits per heavy atom. The molecule has 0 amide bonds. The van der Waals surface area contributed by atoms with Gasteiger partial charge in [-0.2, -0.15) is 0 Å². The Bertz CT molecular complexity index is 1160. The molecule has 0 saturated heterocycles. The van der Waals surface area contributed by atoms with E-state index in [4.69, 9.17) is 5.11 Å². The summed E-state index contributed by atoms with van der Waals surface area (Å²) in [6, 6.07) is 16.6. The van der Waals surface area contributed by atoms with Crippen LogP contribution in [0.5, 0.6) is 0 Å². The zero-order chi connectivity index (χ0) is 19.7. The number of fused-ring (bicyclic) bond motifs is 1. The van der Waals surface area contributed by atoms with Crippen LogP contribution in [0.25, 0.3) is 33.3 Å². The average Bonchev–Trinajstić information content (AvgIpc) is 3.12. The van der Waals surface area contributed by atoms with Crippen LogP contribution in [0.15, 0.2) is 60.9 Å². The SMILES string of the molecule is Cc1cccc(-c2cnc3[nH]cc(-c4ccc(CCC(=O)O)cc4)c3c2)c1C. The number of aromatic amines is 1. The van der Waals surface area contributed by atoms with Crippen LogP contribution in [0.4, 0.5) is 0 Å². The molecule has 0 saturated carbocycles. The molecule has 2 aromatic carbocycles. The van der Waals surface area contributed by atoms with Crippen molar-refractivity contribution in [3.05, 3.63) is 77.6 Å². The summed E-state index contributed by atoms with van der Waals surface area (Å²) in [5.74, 6) is -0.772. The monoisotopic (exact) mass is 370 g/mol. The van der Waals surface area contributed by atoms with Crippen molar-refractivity contribution in [2.75, 3.05) is 0 Å². The van der Waals surface area contributed by atoms with E-state index in [1.807, 2.05) is 36.7 Å². The van der Waals surface area contributed by atoms with Gasteiger partial charge in [-0.1, -0.05) is 42.5 Å². The van der Waals surface area contributed by atoms with Crippen LogP contribution in [0.3, 0.4) is 0 Å². The number of rotatable bonds is 5. The number of nitrogens with one attached hydrogen (secondary N) is 1. The fourth-order valence-corrected chi connectivity index (χ4v) is 3.56. The second-order valence-electron chi connectivity index (χ2n) is 7.16. The predicted octanol–water partition coefficient (Wildman–Crippen LogP) is 5.53. The summed E-state index contributed by atoms with van der Waals surface area (Å²) in [6.45, 7) is 4.27. The van der Waals surface area contributed by atoms with Gasteiger partial charge < -0.3 is 10.1 Å². The van der Waals surface area contributed by atoms with Crippen molar-refractivity contribution >= 4 is 17.0 Å². The summed E-state index contributed by atoms with van der Waals surface area (Å²) < 4.78 is 0. The van der Waals surface area contributed by atoms with Crippen LogP contribution in [0.2, 0.25) is 0 Å². The summed E-state index contributed by atoms with van der Waals surface area (Å²) >= 11 is 0. The van der Waals surface area contributed by atoms with Gasteiger partial charge in [-0.15, -0.1) is 0 Å². The van der Waals surface area contributed by atoms with Gasteiger partial charge >= 0.3 is 5.97 Å². The predicted molar refractivity (Wildman–Crippen MR) is 112 cm³/mol. The lowest BCUT2D eigenvalue weighted by Gasteiger charge is -2.09. The van der Waals surface area contributed by atoms with Gasteiger partial charge in [0.25, 0.3) is 0 Å². The number of hydrogen-bond acceptors (Lipinski definition) is 2. The summed E-state index contributed by atoms with van der Waals surface area (Å²) in [5.41, 5.74) is 8.91. The number of hydrogen-bond donors (Lipinski definition) is 2. The maximum atomic E-state index is 10.8. The zero-order valence-electron chi connectivity index (χ0n) is 16.0. The topological polar surface area (TPSA) is 66.0 Å². The normalized spacial score (nSPS) is 11.1. The van der Waals surface area contributed by atoms with Crippen LogP contribution >= 0.6 is 0 Å². The lowest BCUT2D eigenvalue weighted by Crippen LogP contribution is -1.97. The minimum absolute atomic E-state index is 0.148. The molecule has 0 fully saturated rings. The number of aryl methyl sites for hydroxylation is 2. The van der Waals surface area contributed by atoms with Crippen LogP contribution in [0, 0.1) is 13.8 Å². The first-order chi connectivity index (χ1) is 13.5. The highest BCUT2D eigenvalue weighted by Gasteiger charge is 2.11. The molecule has 0 bridgehead atoms. The molecule has 0 aliphatic rings. The largest absolute Gasteiger partial charge is 0.481 e. The van der Waals surface area contributed by atoms with Gasteiger partial charge in [0, 0.05) is 35.3 Å². The van der Waals surface area contributed by atoms with Crippen molar-refractivity contribution in [2.45, 2.75) is 26.7 Å². The Labute approximate surface area is 163 Å². The van der Waals surface area contributed by atoms with Crippen molar-refractivity contribution in [2.24, 2.45) is 0 Å². The minimum atomic E-state index is -0.772. The molecular formula is C24H22N2O2. The number of aromatic nitrogens is 2. The standard InChI is InChI=1S/C24H22N2O2/c1-15-4-3-5-20(16(15)2)19-12-21-22(14-26-24(21)25-13-19)18-9-6-17(7-10-18)8-11-23(27)28/h3-7,9-10,12-14H,8,11H2,1-2H3,(H,25,26)(H,27,28). The van der Waals surface area contributed by atoms with Crippen molar-refractivity contribution < 1.29 is 9.90 Å². The quantitative estimate of drug-likeness (QED) is 0.485. The van der Waals surface area contributed by atoms with Gasteiger partial charge in [0.2, 0.25) is 0 Å². The third-order valence-corrected chi connectivity index (χ3v) is 5.34. The minimum Gasteiger partial charge on any atom is -0.481 e. The number of carboxylic acids is 1. The second-order valence-corrected chi connectivity index (χ2v) is 7.16. The first-order valence-corrected chi connectivity index (χ1v) is 9.38. The Kier molecular flexibility index (Phi) is 4.70. The van der Waals surface area contributed by atoms with Crippen molar-refractivity contribution in [3.63, 3.8) is 0 Å². The number of benzene rings is 2. The van der Waals surface area contributed by atoms with Gasteiger partial charge in [0.1, 0.15) is 5.65 Å². The van der Waals surface area contributed by atoms with Crippen molar-refractivity contribution in [1.29, 1.82) is 0 Å². The first-order valence-electron chi connectivity index (χ1n) is 9.38. The summed E-state index contributed by atoms with van der Waals surface area (Å²) in [4.78, 5) is 18.6. The second kappa shape index (κ2) is 7.31. The van der Waals surface area contributed by atoms with E-state index in [0.29, 0.717) is 6.42 Å². The van der Waals surface area contributed by atoms with E-state index < -0.39 is 5.97 Å². The molecule has 4 heteroatoms. The molecule has 0 aliphatic carbocycles. The van der Waals surface area contributed by atoms with Gasteiger partial charge in [-0.3, -0.25) is 4.79 Å². The Morgan fingerprint density at radius 3 is 2.57 bits per heavy atom. The Balaban J connectivity index is 1.72. The molecular weight excluding hydrogens is 348 g/mol. The lowest BCUT2D eigenvalue weighted by atomic mass is 9.96. The fourth-order valence-electron chi connectivity index (χ4n) is 3.56. The summed E-state index contributed by atoms with van der Waals surface area (Å²) in [7, 11) is 0. The smallest absolute Gasteiger partial charge is 0.303 e. The van der Waals surface area contributed by atoms with E-state index >= 15 is 0 Å². The number of pyridine rings is 1. The van der Waals surface area contributed by atoms with E-state index in [2.05, 4.69) is 48.1 Å². The van der Waals surface area contributed by atoms with Gasteiger partial charge in [0.15, 0.2) is 0 Å². The van der Waals surface area contributed by atoms with E-state index in [0.717, 1.165) is 33.3 Å². The van der Waals surface area contributed by atoms with E-state index in [9.17, 15) is 4.79 Å². The fraction of sp³-hybridized carbons (Fsp3) is 0.167. The first kappa shape index (κ1) is 18.0. The molecule has 0 atom stereocenters. The van der Waals surface area contributed by atoms with Gasteiger partial charge in [-0.05, 0) is 54.2 Å². The summed E-state index contributed by atoms with van der Waals surface area (Å²) in [5, 5.41) is 9.92. The molecule has 4 rings (SSSR count). The van der Waals surface area contributed by atoms with E-state index in [1.165, 1.54) is 16.7 Å². The van der Waals surface area contributed by atoms with Gasteiger partial charge in [-0.25, -0.2) is 4.98 Å². The number of H-pyrrole nitrogens is 1. The molecule has 0 spiro atoms. The molecule has 2 aromatic heterocycles. The van der Waals surface area contributed by atoms with Crippen LogP contribution in [-0.2, 0) is 11.2 Å². The van der Waals surface area contributed by atoms with Gasteiger partial charge in [0.05, 0.1) is 0 Å². The molecule has 0 radical (unpaired) electrons. The molecule has 4 aromatic rings. The highest BCUT2D eigenvalue weighted by molar-refractivity contribution is 5.96. The highest BCUT2D eigenvalue weighted by atomic mass is 16.4. The van der Waals surface area contributed by atoms with E-state index in [1.54, 1.807) is 0 Å². The van der Waals surface area contributed by atoms with Crippen molar-refractivity contribution in [1.82, 2.24) is 9.97 Å². The lowest BCUT2D eigenvalue weighted by molar-refractivity contribution is -0.136. The number of aliphatic carboxylic acids is 1. The molecule has 2 N–H and O–H groups in total.